The first-order chi connectivity index (χ1) is 8.84. The van der Waals surface area contributed by atoms with Gasteiger partial charge < -0.3 is 24.0 Å². The zero-order valence-corrected chi connectivity index (χ0v) is 13.6. The maximum absolute atomic E-state index is 2.24. The maximum atomic E-state index is 2.24. The number of hydrogen-bond acceptors (Lipinski definition) is 1. The molecule has 0 saturated carbocycles. The molecule has 0 saturated heterocycles. The molecule has 0 unspecified atom stereocenters. The molecule has 0 radical (unpaired) electrons. The first kappa shape index (κ1) is 14.2. The van der Waals surface area contributed by atoms with Crippen molar-refractivity contribution in [2.45, 2.75) is 0 Å². The highest BCUT2D eigenvalue weighted by Gasteiger charge is 2.12. The van der Waals surface area contributed by atoms with Gasteiger partial charge in [-0.05, 0) is 17.7 Å². The van der Waals surface area contributed by atoms with Crippen molar-refractivity contribution in [3.05, 3.63) is 65.2 Å². The number of nitrogens with zero attached hydrogens (tertiary/aromatic N) is 1. The molecule has 3 heteroatoms. The van der Waals surface area contributed by atoms with Crippen LogP contribution >= 0.6 is 11.3 Å². The molecule has 96 valence electrons. The summed E-state index contributed by atoms with van der Waals surface area (Å²) in [5.74, 6) is 0. The van der Waals surface area contributed by atoms with Gasteiger partial charge in [-0.25, -0.2) is 0 Å². The molecular formula is C16H14INS. The minimum Gasteiger partial charge on any atom is -1.00 e. The van der Waals surface area contributed by atoms with E-state index in [9.17, 15) is 0 Å². The highest BCUT2D eigenvalue weighted by Crippen LogP contribution is 2.21. The van der Waals surface area contributed by atoms with E-state index in [1.165, 1.54) is 20.8 Å². The maximum Gasteiger partial charge on any atom is 0.262 e. The second kappa shape index (κ2) is 6.30. The Morgan fingerprint density at radius 2 is 1.58 bits per heavy atom. The molecule has 0 bridgehead atoms. The van der Waals surface area contributed by atoms with Crippen molar-refractivity contribution in [3.63, 3.8) is 0 Å². The van der Waals surface area contributed by atoms with Gasteiger partial charge in [-0.3, -0.25) is 0 Å². The molecular weight excluding hydrogens is 365 g/mol. The molecule has 0 aliphatic heterocycles. The van der Waals surface area contributed by atoms with Crippen LogP contribution in [0.15, 0.2) is 54.6 Å². The highest BCUT2D eigenvalue weighted by molar-refractivity contribution is 7.18. The summed E-state index contributed by atoms with van der Waals surface area (Å²) in [6.45, 7) is 0. The fourth-order valence-electron chi connectivity index (χ4n) is 2.00. The van der Waals surface area contributed by atoms with Crippen LogP contribution in [0.2, 0.25) is 0 Å². The van der Waals surface area contributed by atoms with E-state index in [0.717, 1.165) is 0 Å². The average molecular weight is 379 g/mol. The van der Waals surface area contributed by atoms with E-state index < -0.39 is 0 Å². The molecule has 1 heterocycles. The van der Waals surface area contributed by atoms with Gasteiger partial charge in [0.05, 0.1) is 0 Å². The van der Waals surface area contributed by atoms with Crippen molar-refractivity contribution in [3.8, 4) is 0 Å². The largest absolute Gasteiger partial charge is 1.00 e. The van der Waals surface area contributed by atoms with Crippen LogP contribution in [0, 0.1) is 0 Å². The van der Waals surface area contributed by atoms with Gasteiger partial charge in [0.15, 0.2) is 0 Å². The van der Waals surface area contributed by atoms with Gasteiger partial charge in [-0.1, -0.05) is 53.8 Å². The third-order valence-corrected chi connectivity index (χ3v) is 4.17. The van der Waals surface area contributed by atoms with Gasteiger partial charge in [0, 0.05) is 12.1 Å². The number of halogens is 1. The van der Waals surface area contributed by atoms with Crippen molar-refractivity contribution in [1.82, 2.24) is 0 Å². The van der Waals surface area contributed by atoms with Gasteiger partial charge in [-0.2, -0.15) is 4.57 Å². The van der Waals surface area contributed by atoms with Gasteiger partial charge in [0.2, 0.25) is 5.52 Å². The summed E-state index contributed by atoms with van der Waals surface area (Å²) in [6.07, 6.45) is 4.34. The molecule has 0 spiro atoms. The van der Waals surface area contributed by atoms with Crippen LogP contribution < -0.4 is 28.5 Å². The summed E-state index contributed by atoms with van der Waals surface area (Å²) >= 11 is 1.82. The number of hydrogen-bond donors (Lipinski definition) is 0. The zero-order valence-electron chi connectivity index (χ0n) is 10.6. The predicted octanol–water partition coefficient (Wildman–Crippen LogP) is 0.900. The van der Waals surface area contributed by atoms with E-state index in [2.05, 4.69) is 72.3 Å². The van der Waals surface area contributed by atoms with Crippen molar-refractivity contribution >= 4 is 33.7 Å². The molecule has 2 aromatic carbocycles. The van der Waals surface area contributed by atoms with Crippen LogP contribution in [0.5, 0.6) is 0 Å². The van der Waals surface area contributed by atoms with E-state index in [1.54, 1.807) is 0 Å². The lowest BCUT2D eigenvalue weighted by atomic mass is 10.2. The van der Waals surface area contributed by atoms with E-state index in [0.29, 0.717) is 0 Å². The lowest BCUT2D eigenvalue weighted by Gasteiger charge is -1.89. The average Bonchev–Trinajstić information content (AvgIpc) is 2.75. The van der Waals surface area contributed by atoms with Crippen LogP contribution in [0.1, 0.15) is 10.6 Å². The third kappa shape index (κ3) is 3.04. The molecule has 1 nitrogen and oxygen atoms in total. The molecule has 0 N–H and O–H groups in total. The van der Waals surface area contributed by atoms with Crippen molar-refractivity contribution in [1.29, 1.82) is 0 Å². The van der Waals surface area contributed by atoms with E-state index in [1.807, 2.05) is 17.4 Å². The van der Waals surface area contributed by atoms with E-state index in [4.69, 9.17) is 0 Å². The first-order valence-electron chi connectivity index (χ1n) is 5.95. The fourth-order valence-corrected chi connectivity index (χ4v) is 3.05. The number of fused-ring (bicyclic) bond motifs is 1. The van der Waals surface area contributed by atoms with E-state index in [-0.39, 0.29) is 24.0 Å². The Morgan fingerprint density at radius 1 is 0.895 bits per heavy atom. The van der Waals surface area contributed by atoms with Crippen LogP contribution in [0.3, 0.4) is 0 Å². The van der Waals surface area contributed by atoms with Crippen LogP contribution in [-0.2, 0) is 7.05 Å². The van der Waals surface area contributed by atoms with Gasteiger partial charge in [0.1, 0.15) is 11.7 Å². The Balaban J connectivity index is 0.00000133. The molecule has 1 aromatic heterocycles. The molecule has 0 aliphatic carbocycles. The van der Waals surface area contributed by atoms with Gasteiger partial charge >= 0.3 is 0 Å². The molecule has 3 rings (SSSR count). The van der Waals surface area contributed by atoms with Gasteiger partial charge in [-0.15, -0.1) is 0 Å². The Kier molecular flexibility index (Phi) is 4.71. The molecule has 3 aromatic rings. The zero-order chi connectivity index (χ0) is 12.4. The topological polar surface area (TPSA) is 3.88 Å². The van der Waals surface area contributed by atoms with Crippen LogP contribution in [-0.4, -0.2) is 0 Å². The SMILES string of the molecule is C[n+]1c(/C=C\c2ccccc2)sc2ccccc21.[I-]. The number of para-hydroxylation sites is 1. The number of thiazole rings is 1. The van der Waals surface area contributed by atoms with Crippen molar-refractivity contribution in [2.24, 2.45) is 7.05 Å². The Labute approximate surface area is 134 Å². The summed E-state index contributed by atoms with van der Waals surface area (Å²) in [6, 6.07) is 18.9. The minimum atomic E-state index is 0. The smallest absolute Gasteiger partial charge is 0.262 e. The van der Waals surface area contributed by atoms with Gasteiger partial charge in [0.25, 0.3) is 5.01 Å². The second-order valence-corrected chi connectivity index (χ2v) is 5.27. The monoisotopic (exact) mass is 379 g/mol. The minimum absolute atomic E-state index is 0. The second-order valence-electron chi connectivity index (χ2n) is 4.21. The molecule has 19 heavy (non-hydrogen) atoms. The van der Waals surface area contributed by atoms with E-state index >= 15 is 0 Å². The fraction of sp³-hybridized carbons (Fsp3) is 0.0625. The third-order valence-electron chi connectivity index (χ3n) is 2.99. The summed E-state index contributed by atoms with van der Waals surface area (Å²) in [7, 11) is 2.11. The molecule has 0 amide bonds. The number of rotatable bonds is 2. The number of aryl methyl sites for hydroxylation is 1. The summed E-state index contributed by atoms with van der Waals surface area (Å²) in [4.78, 5) is 0. The predicted molar refractivity (Wildman–Crippen MR) is 78.4 cm³/mol. The Bertz CT molecular complexity index is 701. The summed E-state index contributed by atoms with van der Waals surface area (Å²) in [5.41, 5.74) is 2.52. The van der Waals surface area contributed by atoms with Crippen LogP contribution in [0.25, 0.3) is 22.4 Å². The Hall–Kier alpha value is -1.20. The lowest BCUT2D eigenvalue weighted by molar-refractivity contribution is -0.642. The molecule has 0 fully saturated rings. The number of aromatic nitrogens is 1. The molecule has 0 aliphatic rings. The Morgan fingerprint density at radius 3 is 2.32 bits per heavy atom. The summed E-state index contributed by atoms with van der Waals surface area (Å²) in [5, 5.41) is 1.26. The highest BCUT2D eigenvalue weighted by atomic mass is 127. The summed E-state index contributed by atoms with van der Waals surface area (Å²) < 4.78 is 3.56. The van der Waals surface area contributed by atoms with Crippen molar-refractivity contribution in [2.75, 3.05) is 0 Å². The van der Waals surface area contributed by atoms with Crippen LogP contribution in [0.4, 0.5) is 0 Å². The first-order valence-corrected chi connectivity index (χ1v) is 6.77. The number of benzene rings is 2. The lowest BCUT2D eigenvalue weighted by Crippen LogP contribution is -3.00. The normalized spacial score (nSPS) is 10.8. The quantitative estimate of drug-likeness (QED) is 0.460. The molecule has 0 atom stereocenters. The van der Waals surface area contributed by atoms with Crippen molar-refractivity contribution < 1.29 is 28.5 Å². The standard InChI is InChI=1S/C16H14NS.HI/c1-17-14-9-5-6-10-15(14)18-16(17)12-11-13-7-3-2-4-8-13;/h2-12H,1H3;1H/q+1;/p-1/b12-11-;.